The SMILES string of the molecule is Cc1ccc(S(=O)(=O)Nc2ccc3c(c2)C(=O)N(C)[C@H]2CC[C@@H](CC(=O)O)O[C@@H]2CO3)cc1. The molecule has 33 heavy (non-hydrogen) atoms. The molecule has 9 nitrogen and oxygen atoms in total. The number of carbonyl (C=O) groups excluding carboxylic acids is 1. The minimum absolute atomic E-state index is 0.0953. The summed E-state index contributed by atoms with van der Waals surface area (Å²) in [5.74, 6) is -0.940. The van der Waals surface area contributed by atoms with Gasteiger partial charge >= 0.3 is 5.97 Å². The molecule has 2 heterocycles. The first kappa shape index (κ1) is 23.1. The Hall–Kier alpha value is -3.11. The van der Waals surface area contributed by atoms with E-state index in [0.717, 1.165) is 5.56 Å². The topological polar surface area (TPSA) is 122 Å². The van der Waals surface area contributed by atoms with Gasteiger partial charge in [0.25, 0.3) is 15.9 Å². The number of nitrogens with one attached hydrogen (secondary N) is 1. The van der Waals surface area contributed by atoms with E-state index in [1.54, 1.807) is 30.1 Å². The van der Waals surface area contributed by atoms with Crippen molar-refractivity contribution < 1.29 is 32.6 Å². The van der Waals surface area contributed by atoms with E-state index >= 15 is 0 Å². The molecular formula is C23H26N2O7S. The second kappa shape index (κ2) is 9.03. The smallest absolute Gasteiger partial charge is 0.305 e. The number of nitrogens with zero attached hydrogens (tertiary/aromatic N) is 1. The molecule has 0 saturated carbocycles. The number of likely N-dealkylation sites (N-methyl/N-ethyl adjacent to an activating group) is 1. The van der Waals surface area contributed by atoms with Crippen molar-refractivity contribution in [1.82, 2.24) is 4.90 Å². The highest BCUT2D eigenvalue weighted by Crippen LogP contribution is 2.33. The molecule has 2 aliphatic heterocycles. The monoisotopic (exact) mass is 474 g/mol. The van der Waals surface area contributed by atoms with E-state index in [1.807, 2.05) is 6.92 Å². The number of sulfonamides is 1. The zero-order chi connectivity index (χ0) is 23.8. The Morgan fingerprint density at radius 2 is 1.91 bits per heavy atom. The second-order valence-corrected chi connectivity index (χ2v) is 10.1. The number of rotatable bonds is 5. The summed E-state index contributed by atoms with van der Waals surface area (Å²) in [5.41, 5.74) is 1.44. The van der Waals surface area contributed by atoms with Crippen molar-refractivity contribution in [3.05, 3.63) is 53.6 Å². The predicted octanol–water partition coefficient (Wildman–Crippen LogP) is 2.65. The lowest BCUT2D eigenvalue weighted by Crippen LogP contribution is -2.53. The molecule has 3 atom stereocenters. The Balaban J connectivity index is 1.57. The number of aliphatic carboxylic acids is 1. The summed E-state index contributed by atoms with van der Waals surface area (Å²) in [4.78, 5) is 26.0. The number of aryl methyl sites for hydroxylation is 1. The molecule has 0 unspecified atom stereocenters. The molecule has 0 bridgehead atoms. The van der Waals surface area contributed by atoms with Gasteiger partial charge in [0.1, 0.15) is 18.5 Å². The van der Waals surface area contributed by atoms with Gasteiger partial charge in [-0.2, -0.15) is 0 Å². The van der Waals surface area contributed by atoms with Gasteiger partial charge in [0, 0.05) is 12.7 Å². The third-order valence-electron chi connectivity index (χ3n) is 6.00. The summed E-state index contributed by atoms with van der Waals surface area (Å²) in [6.07, 6.45) is 0.137. The lowest BCUT2D eigenvalue weighted by Gasteiger charge is -2.42. The molecule has 0 aromatic heterocycles. The van der Waals surface area contributed by atoms with E-state index in [1.165, 1.54) is 24.3 Å². The average molecular weight is 475 g/mol. The average Bonchev–Trinajstić information content (AvgIpc) is 2.76. The highest BCUT2D eigenvalue weighted by Gasteiger charge is 2.39. The molecule has 0 aliphatic carbocycles. The standard InChI is InChI=1S/C23H26N2O7S/c1-14-3-7-17(8-4-14)33(29,30)24-15-5-10-20-18(11-15)23(28)25(2)19-9-6-16(12-22(26)27)32-21(19)13-31-20/h3-5,7-8,10-11,16,19,21,24H,6,9,12-13H2,1-2H3,(H,26,27)/t16-,19-,21+/m0/s1. The van der Waals surface area contributed by atoms with Crippen molar-refractivity contribution in [2.45, 2.75) is 49.3 Å². The first-order valence-electron chi connectivity index (χ1n) is 10.6. The highest BCUT2D eigenvalue weighted by molar-refractivity contribution is 7.92. The molecular weight excluding hydrogens is 448 g/mol. The molecule has 0 spiro atoms. The molecule has 4 rings (SSSR count). The summed E-state index contributed by atoms with van der Waals surface area (Å²) >= 11 is 0. The van der Waals surface area contributed by atoms with Crippen molar-refractivity contribution in [2.24, 2.45) is 0 Å². The first-order chi connectivity index (χ1) is 15.6. The van der Waals surface area contributed by atoms with Gasteiger partial charge < -0.3 is 19.5 Å². The van der Waals surface area contributed by atoms with Crippen LogP contribution in [-0.2, 0) is 19.6 Å². The maximum Gasteiger partial charge on any atom is 0.305 e. The Bertz CT molecular complexity index is 1160. The van der Waals surface area contributed by atoms with E-state index in [0.29, 0.717) is 18.6 Å². The Morgan fingerprint density at radius 3 is 2.61 bits per heavy atom. The molecule has 0 radical (unpaired) electrons. The van der Waals surface area contributed by atoms with Crippen molar-refractivity contribution in [1.29, 1.82) is 0 Å². The number of ether oxygens (including phenoxy) is 2. The van der Waals surface area contributed by atoms with Crippen LogP contribution in [0.1, 0.15) is 35.2 Å². The van der Waals surface area contributed by atoms with Crippen LogP contribution >= 0.6 is 0 Å². The van der Waals surface area contributed by atoms with Crippen molar-refractivity contribution in [3.8, 4) is 5.75 Å². The Kier molecular flexibility index (Phi) is 6.31. The Labute approximate surface area is 192 Å². The maximum absolute atomic E-state index is 13.2. The number of amides is 1. The highest BCUT2D eigenvalue weighted by atomic mass is 32.2. The van der Waals surface area contributed by atoms with Crippen LogP contribution in [0.15, 0.2) is 47.4 Å². The minimum atomic E-state index is -3.82. The van der Waals surface area contributed by atoms with Gasteiger partial charge in [-0.3, -0.25) is 14.3 Å². The number of hydrogen-bond acceptors (Lipinski definition) is 6. The fourth-order valence-electron chi connectivity index (χ4n) is 4.22. The van der Waals surface area contributed by atoms with Crippen LogP contribution in [0.2, 0.25) is 0 Å². The molecule has 10 heteroatoms. The number of carboxylic acid groups (broad SMARTS) is 1. The number of fused-ring (bicyclic) bond motifs is 2. The van der Waals surface area contributed by atoms with Gasteiger partial charge in [-0.05, 0) is 50.1 Å². The van der Waals surface area contributed by atoms with Gasteiger partial charge in [0.15, 0.2) is 0 Å². The largest absolute Gasteiger partial charge is 0.490 e. The zero-order valence-corrected chi connectivity index (χ0v) is 19.2. The van der Waals surface area contributed by atoms with Crippen molar-refractivity contribution >= 4 is 27.6 Å². The maximum atomic E-state index is 13.2. The fraction of sp³-hybridized carbons (Fsp3) is 0.391. The van der Waals surface area contributed by atoms with Gasteiger partial charge in [0.2, 0.25) is 0 Å². The molecule has 2 N–H and O–H groups in total. The lowest BCUT2D eigenvalue weighted by atomic mass is 9.95. The number of benzene rings is 2. The molecule has 1 fully saturated rings. The summed E-state index contributed by atoms with van der Waals surface area (Å²) in [5, 5.41) is 9.05. The zero-order valence-electron chi connectivity index (χ0n) is 18.4. The number of hydrogen-bond donors (Lipinski definition) is 2. The van der Waals surface area contributed by atoms with E-state index in [-0.39, 0.29) is 41.1 Å². The quantitative estimate of drug-likeness (QED) is 0.683. The normalized spacial score (nSPS) is 22.9. The van der Waals surface area contributed by atoms with Gasteiger partial charge in [-0.1, -0.05) is 17.7 Å². The molecule has 2 aliphatic rings. The minimum Gasteiger partial charge on any atom is -0.490 e. The number of carboxylic acids is 1. The predicted molar refractivity (Wildman–Crippen MR) is 120 cm³/mol. The molecule has 2 aromatic carbocycles. The Morgan fingerprint density at radius 1 is 1.18 bits per heavy atom. The van der Waals surface area contributed by atoms with Gasteiger partial charge in [-0.25, -0.2) is 8.42 Å². The third kappa shape index (κ3) is 4.96. The van der Waals surface area contributed by atoms with Crippen molar-refractivity contribution in [3.63, 3.8) is 0 Å². The van der Waals surface area contributed by atoms with Gasteiger partial charge in [-0.15, -0.1) is 0 Å². The number of carbonyl (C=O) groups is 2. The summed E-state index contributed by atoms with van der Waals surface area (Å²) in [6, 6.07) is 10.7. The van der Waals surface area contributed by atoms with Crippen LogP contribution in [0.5, 0.6) is 5.75 Å². The van der Waals surface area contributed by atoms with E-state index in [9.17, 15) is 18.0 Å². The molecule has 2 aromatic rings. The van der Waals surface area contributed by atoms with E-state index in [4.69, 9.17) is 14.6 Å². The van der Waals surface area contributed by atoms with Crippen molar-refractivity contribution in [2.75, 3.05) is 18.4 Å². The number of anilines is 1. The summed E-state index contributed by atoms with van der Waals surface area (Å²) < 4.78 is 39.8. The van der Waals surface area contributed by atoms with Crippen LogP contribution in [0, 0.1) is 6.92 Å². The van der Waals surface area contributed by atoms with Crippen LogP contribution in [0.3, 0.4) is 0 Å². The lowest BCUT2D eigenvalue weighted by molar-refractivity contribution is -0.148. The summed E-state index contributed by atoms with van der Waals surface area (Å²) in [7, 11) is -2.16. The molecule has 1 amide bonds. The van der Waals surface area contributed by atoms with Gasteiger partial charge in [0.05, 0.1) is 29.0 Å². The fourth-order valence-corrected chi connectivity index (χ4v) is 5.27. The molecule has 176 valence electrons. The summed E-state index contributed by atoms with van der Waals surface area (Å²) in [6.45, 7) is 2.02. The van der Waals surface area contributed by atoms with Crippen LogP contribution in [0.4, 0.5) is 5.69 Å². The molecule has 1 saturated heterocycles. The first-order valence-corrected chi connectivity index (χ1v) is 12.1. The van der Waals surface area contributed by atoms with E-state index < -0.39 is 28.2 Å². The van der Waals surface area contributed by atoms with Crippen LogP contribution < -0.4 is 9.46 Å². The van der Waals surface area contributed by atoms with E-state index in [2.05, 4.69) is 4.72 Å². The van der Waals surface area contributed by atoms with Crippen LogP contribution in [0.25, 0.3) is 0 Å². The van der Waals surface area contributed by atoms with Crippen LogP contribution in [-0.4, -0.2) is 62.2 Å². The third-order valence-corrected chi connectivity index (χ3v) is 7.39. The second-order valence-electron chi connectivity index (χ2n) is 8.40.